The first-order valence-corrected chi connectivity index (χ1v) is 8.43. The van der Waals surface area contributed by atoms with Gasteiger partial charge in [0.1, 0.15) is 11.2 Å². The summed E-state index contributed by atoms with van der Waals surface area (Å²) in [5.74, 6) is 0.453. The molecule has 4 nitrogen and oxygen atoms in total. The first-order chi connectivity index (χ1) is 10.5. The first kappa shape index (κ1) is 17.2. The second-order valence-corrected chi connectivity index (χ2v) is 6.71. The predicted octanol–water partition coefficient (Wildman–Crippen LogP) is 3.35. The van der Waals surface area contributed by atoms with Gasteiger partial charge in [0, 0.05) is 24.5 Å². The second kappa shape index (κ2) is 7.92. The Bertz CT molecular complexity index is 540. The van der Waals surface area contributed by atoms with Gasteiger partial charge in [-0.05, 0) is 58.2 Å². The molecule has 1 aromatic rings. The van der Waals surface area contributed by atoms with Gasteiger partial charge in [-0.15, -0.1) is 0 Å². The molecule has 1 saturated carbocycles. The van der Waals surface area contributed by atoms with E-state index in [1.807, 2.05) is 7.05 Å². The van der Waals surface area contributed by atoms with Crippen molar-refractivity contribution in [3.05, 3.63) is 28.0 Å². The minimum atomic E-state index is 0.453. The van der Waals surface area contributed by atoms with Crippen LogP contribution in [-0.4, -0.2) is 24.1 Å². The van der Waals surface area contributed by atoms with Crippen LogP contribution in [0.15, 0.2) is 6.07 Å². The number of rotatable bonds is 3. The van der Waals surface area contributed by atoms with E-state index in [0.717, 1.165) is 36.2 Å². The van der Waals surface area contributed by atoms with E-state index in [9.17, 15) is 0 Å². The summed E-state index contributed by atoms with van der Waals surface area (Å²) in [6.45, 7) is 5.14. The van der Waals surface area contributed by atoms with Crippen molar-refractivity contribution < 1.29 is 0 Å². The fraction of sp³-hybridized carbons (Fsp3) is 0.647. The van der Waals surface area contributed by atoms with E-state index >= 15 is 0 Å². The quantitative estimate of drug-likeness (QED) is 0.838. The number of halogens is 1. The van der Waals surface area contributed by atoms with E-state index in [0.29, 0.717) is 23.2 Å². The lowest BCUT2D eigenvalue weighted by atomic mass is 10.0. The highest BCUT2D eigenvalue weighted by molar-refractivity contribution is 6.29. The van der Waals surface area contributed by atoms with E-state index in [1.165, 1.54) is 12.8 Å². The average molecular weight is 321 g/mol. The molecular weight excluding hydrogens is 296 g/mol. The molecule has 2 N–H and O–H groups in total. The van der Waals surface area contributed by atoms with Crippen LogP contribution < -0.4 is 10.6 Å². The van der Waals surface area contributed by atoms with Crippen LogP contribution in [0.3, 0.4) is 0 Å². The molecule has 0 aromatic carbocycles. The van der Waals surface area contributed by atoms with Crippen molar-refractivity contribution in [1.82, 2.24) is 15.6 Å². The van der Waals surface area contributed by atoms with Gasteiger partial charge in [0.15, 0.2) is 0 Å². The molecule has 2 atom stereocenters. The summed E-state index contributed by atoms with van der Waals surface area (Å²) in [6.07, 6.45) is 4.98. The lowest BCUT2D eigenvalue weighted by Gasteiger charge is -2.08. The van der Waals surface area contributed by atoms with Crippen LogP contribution in [0.4, 0.5) is 0 Å². The maximum absolute atomic E-state index is 9.13. The van der Waals surface area contributed by atoms with Gasteiger partial charge in [-0.3, -0.25) is 0 Å². The Labute approximate surface area is 138 Å². The lowest BCUT2D eigenvalue weighted by Crippen LogP contribution is -2.23. The summed E-state index contributed by atoms with van der Waals surface area (Å²) in [7, 11) is 1.85. The fourth-order valence-electron chi connectivity index (χ4n) is 2.85. The lowest BCUT2D eigenvalue weighted by molar-refractivity contribution is 0.596. The van der Waals surface area contributed by atoms with Crippen molar-refractivity contribution >= 4 is 11.6 Å². The highest BCUT2D eigenvalue weighted by Gasteiger charge is 2.29. The molecule has 0 radical (unpaired) electrons. The third-order valence-corrected chi connectivity index (χ3v) is 4.34. The first-order valence-electron chi connectivity index (χ1n) is 8.05. The van der Waals surface area contributed by atoms with E-state index in [4.69, 9.17) is 16.9 Å². The number of aromatic nitrogens is 1. The molecule has 2 heterocycles. The maximum atomic E-state index is 9.13. The fourth-order valence-corrected chi connectivity index (χ4v) is 3.07. The number of nitrogens with zero attached hydrogens (tertiary/aromatic N) is 2. The van der Waals surface area contributed by atoms with Crippen LogP contribution in [0.5, 0.6) is 0 Å². The average Bonchev–Trinajstić information content (AvgIpc) is 3.24. The zero-order valence-electron chi connectivity index (χ0n) is 13.6. The van der Waals surface area contributed by atoms with Crippen LogP contribution >= 0.6 is 11.6 Å². The number of hydrogen-bond acceptors (Lipinski definition) is 4. The van der Waals surface area contributed by atoms with Gasteiger partial charge in [-0.25, -0.2) is 4.98 Å². The molecule has 3 rings (SSSR count). The molecular formula is C17H25ClN4. The molecule has 1 aliphatic carbocycles. The third kappa shape index (κ3) is 4.67. The van der Waals surface area contributed by atoms with Gasteiger partial charge in [-0.2, -0.15) is 5.26 Å². The van der Waals surface area contributed by atoms with Gasteiger partial charge >= 0.3 is 0 Å². The van der Waals surface area contributed by atoms with Gasteiger partial charge < -0.3 is 10.6 Å². The second-order valence-electron chi connectivity index (χ2n) is 6.33. The van der Waals surface area contributed by atoms with Crippen LogP contribution in [0, 0.1) is 11.3 Å². The van der Waals surface area contributed by atoms with Gasteiger partial charge in [0.25, 0.3) is 0 Å². The monoisotopic (exact) mass is 320 g/mol. The molecule has 2 unspecified atom stereocenters. The SMILES string of the molecule is CC1CCC(C)N1.CNCc1cc(Cl)nc(C2CC2)c1C#N. The summed E-state index contributed by atoms with van der Waals surface area (Å²) in [5.41, 5.74) is 2.54. The highest BCUT2D eigenvalue weighted by atomic mass is 35.5. The number of hydrogen-bond donors (Lipinski definition) is 2. The molecule has 22 heavy (non-hydrogen) atoms. The molecule has 120 valence electrons. The van der Waals surface area contributed by atoms with Crippen molar-refractivity contribution in [2.45, 2.75) is 64.1 Å². The zero-order chi connectivity index (χ0) is 16.1. The third-order valence-electron chi connectivity index (χ3n) is 4.14. The summed E-state index contributed by atoms with van der Waals surface area (Å²) in [6, 6.07) is 5.55. The molecule has 1 saturated heterocycles. The van der Waals surface area contributed by atoms with Crippen molar-refractivity contribution in [3.63, 3.8) is 0 Å². The Morgan fingerprint density at radius 1 is 1.32 bits per heavy atom. The van der Waals surface area contributed by atoms with Crippen molar-refractivity contribution in [3.8, 4) is 6.07 Å². The van der Waals surface area contributed by atoms with Crippen LogP contribution in [0.1, 0.15) is 62.3 Å². The smallest absolute Gasteiger partial charge is 0.129 e. The van der Waals surface area contributed by atoms with Crippen LogP contribution in [0.25, 0.3) is 0 Å². The van der Waals surface area contributed by atoms with Crippen molar-refractivity contribution in [2.75, 3.05) is 7.05 Å². The molecule has 2 fully saturated rings. The predicted molar refractivity (Wildman–Crippen MR) is 90.0 cm³/mol. The number of pyridine rings is 1. The maximum Gasteiger partial charge on any atom is 0.129 e. The minimum absolute atomic E-state index is 0.453. The standard InChI is InChI=1S/C11H12ClN3.C6H13N/c1-14-6-8-4-10(12)15-11(7-2-3-7)9(8)5-13;1-5-3-4-6(2)7-5/h4,7,14H,2-3,6H2,1H3;5-7H,3-4H2,1-2H3. The summed E-state index contributed by atoms with van der Waals surface area (Å²) in [4.78, 5) is 4.26. The van der Waals surface area contributed by atoms with Gasteiger partial charge in [0.2, 0.25) is 0 Å². The van der Waals surface area contributed by atoms with Gasteiger partial charge in [0.05, 0.1) is 11.3 Å². The molecule has 0 amide bonds. The Morgan fingerprint density at radius 2 is 1.95 bits per heavy atom. The minimum Gasteiger partial charge on any atom is -0.316 e. The molecule has 1 aromatic heterocycles. The van der Waals surface area contributed by atoms with Gasteiger partial charge in [-0.1, -0.05) is 11.6 Å². The molecule has 0 bridgehead atoms. The number of nitriles is 1. The highest BCUT2D eigenvalue weighted by Crippen LogP contribution is 2.41. The van der Waals surface area contributed by atoms with E-state index in [2.05, 4.69) is 35.5 Å². The Balaban J connectivity index is 0.000000211. The molecule has 1 aliphatic heterocycles. The Kier molecular flexibility index (Phi) is 6.19. The normalized spacial score (nSPS) is 23.6. The summed E-state index contributed by atoms with van der Waals surface area (Å²) >= 11 is 5.94. The summed E-state index contributed by atoms with van der Waals surface area (Å²) < 4.78 is 0. The zero-order valence-corrected chi connectivity index (χ0v) is 14.4. The topological polar surface area (TPSA) is 60.7 Å². The van der Waals surface area contributed by atoms with Crippen LogP contribution in [0.2, 0.25) is 5.15 Å². The Hall–Kier alpha value is -1.15. The molecule has 2 aliphatic rings. The largest absolute Gasteiger partial charge is 0.316 e. The Morgan fingerprint density at radius 3 is 2.36 bits per heavy atom. The number of nitrogens with one attached hydrogen (secondary N) is 2. The van der Waals surface area contributed by atoms with E-state index in [1.54, 1.807) is 6.07 Å². The van der Waals surface area contributed by atoms with E-state index < -0.39 is 0 Å². The van der Waals surface area contributed by atoms with Crippen molar-refractivity contribution in [1.29, 1.82) is 5.26 Å². The van der Waals surface area contributed by atoms with Crippen molar-refractivity contribution in [2.24, 2.45) is 0 Å². The van der Waals surface area contributed by atoms with E-state index in [-0.39, 0.29) is 0 Å². The molecule has 0 spiro atoms. The molecule has 5 heteroatoms. The summed E-state index contributed by atoms with van der Waals surface area (Å²) in [5, 5.41) is 16.1. The van der Waals surface area contributed by atoms with Crippen LogP contribution in [-0.2, 0) is 6.54 Å².